The Morgan fingerprint density at radius 1 is 1.18 bits per heavy atom. The second-order valence-electron chi connectivity index (χ2n) is 6.51. The average Bonchev–Trinajstić information content (AvgIpc) is 2.65. The van der Waals surface area contributed by atoms with E-state index < -0.39 is 32.4 Å². The van der Waals surface area contributed by atoms with E-state index in [0.717, 1.165) is 23.8 Å². The van der Waals surface area contributed by atoms with Crippen molar-refractivity contribution in [1.29, 1.82) is 0 Å². The van der Waals surface area contributed by atoms with Crippen molar-refractivity contribution in [2.75, 3.05) is 6.61 Å². The number of nitro benzene ring substituents is 2. The van der Waals surface area contributed by atoms with Crippen molar-refractivity contribution in [2.45, 2.75) is 24.7 Å². The first-order valence-corrected chi connectivity index (χ1v) is 9.73. The summed E-state index contributed by atoms with van der Waals surface area (Å²) in [6.07, 6.45) is 2.67. The maximum Gasteiger partial charge on any atom is 0.319 e. The Kier molecular flexibility index (Phi) is 5.84. The molecule has 3 rings (SSSR count). The Labute approximate surface area is 178 Å². The SMILES string of the molecule is O=CC1(COc2c([N+](=O)[O-])cc(I)cc2[N+](=O)[O-])CCCc2cc(Cl)ccc21. The van der Waals surface area contributed by atoms with Crippen LogP contribution in [0.2, 0.25) is 5.02 Å². The molecule has 10 heteroatoms. The van der Waals surface area contributed by atoms with Gasteiger partial charge in [0, 0.05) is 20.7 Å². The number of fused-ring (bicyclic) bond motifs is 1. The van der Waals surface area contributed by atoms with E-state index in [0.29, 0.717) is 21.4 Å². The lowest BCUT2D eigenvalue weighted by molar-refractivity contribution is -0.396. The topological polar surface area (TPSA) is 113 Å². The summed E-state index contributed by atoms with van der Waals surface area (Å²) in [5.41, 5.74) is -0.434. The number of rotatable bonds is 6. The maximum absolute atomic E-state index is 12.1. The van der Waals surface area contributed by atoms with Gasteiger partial charge in [-0.3, -0.25) is 20.2 Å². The van der Waals surface area contributed by atoms with Gasteiger partial charge in [-0.25, -0.2) is 0 Å². The fourth-order valence-electron chi connectivity index (χ4n) is 3.48. The van der Waals surface area contributed by atoms with Crippen LogP contribution < -0.4 is 4.74 Å². The molecule has 0 bridgehead atoms. The van der Waals surface area contributed by atoms with E-state index in [4.69, 9.17) is 16.3 Å². The zero-order chi connectivity index (χ0) is 20.5. The van der Waals surface area contributed by atoms with E-state index in [1.54, 1.807) is 40.8 Å². The minimum Gasteiger partial charge on any atom is -0.481 e. The Morgan fingerprint density at radius 3 is 2.39 bits per heavy atom. The molecule has 28 heavy (non-hydrogen) atoms. The number of benzene rings is 2. The van der Waals surface area contributed by atoms with Gasteiger partial charge in [-0.15, -0.1) is 0 Å². The summed E-state index contributed by atoms with van der Waals surface area (Å²) in [6.45, 7) is -0.243. The molecule has 0 aliphatic heterocycles. The van der Waals surface area contributed by atoms with Gasteiger partial charge < -0.3 is 9.53 Å². The molecule has 8 nitrogen and oxygen atoms in total. The Hall–Kier alpha value is -2.27. The second-order valence-corrected chi connectivity index (χ2v) is 8.19. The van der Waals surface area contributed by atoms with Gasteiger partial charge in [0.2, 0.25) is 0 Å². The highest BCUT2D eigenvalue weighted by Gasteiger charge is 2.39. The number of carbonyl (C=O) groups is 1. The molecule has 2 aromatic rings. The average molecular weight is 517 g/mol. The highest BCUT2D eigenvalue weighted by Crippen LogP contribution is 2.42. The zero-order valence-corrected chi connectivity index (χ0v) is 17.3. The number of carbonyl (C=O) groups excluding carboxylic acids is 1. The summed E-state index contributed by atoms with van der Waals surface area (Å²) >= 11 is 7.81. The van der Waals surface area contributed by atoms with Crippen molar-refractivity contribution >= 4 is 51.9 Å². The number of hydrogen-bond acceptors (Lipinski definition) is 6. The van der Waals surface area contributed by atoms with Crippen molar-refractivity contribution in [1.82, 2.24) is 0 Å². The van der Waals surface area contributed by atoms with Crippen LogP contribution in [-0.4, -0.2) is 22.7 Å². The van der Waals surface area contributed by atoms with E-state index in [9.17, 15) is 25.0 Å². The molecule has 0 spiro atoms. The van der Waals surface area contributed by atoms with Crippen LogP contribution in [0.25, 0.3) is 0 Å². The van der Waals surface area contributed by atoms with Crippen LogP contribution in [0.15, 0.2) is 30.3 Å². The molecule has 0 fully saturated rings. The first-order chi connectivity index (χ1) is 13.3. The highest BCUT2D eigenvalue weighted by molar-refractivity contribution is 14.1. The smallest absolute Gasteiger partial charge is 0.319 e. The minimum atomic E-state index is -1.05. The monoisotopic (exact) mass is 516 g/mol. The van der Waals surface area contributed by atoms with Crippen molar-refractivity contribution in [3.05, 3.63) is 70.3 Å². The molecule has 1 aliphatic rings. The Morgan fingerprint density at radius 2 is 1.82 bits per heavy atom. The summed E-state index contributed by atoms with van der Waals surface area (Å²) in [7, 11) is 0. The highest BCUT2D eigenvalue weighted by atomic mass is 127. The lowest BCUT2D eigenvalue weighted by Crippen LogP contribution is -2.38. The fraction of sp³-hybridized carbons (Fsp3) is 0.278. The van der Waals surface area contributed by atoms with E-state index in [-0.39, 0.29) is 6.61 Å². The summed E-state index contributed by atoms with van der Waals surface area (Å²) in [5.74, 6) is -0.447. The van der Waals surface area contributed by atoms with Crippen LogP contribution in [0.1, 0.15) is 24.0 Å². The van der Waals surface area contributed by atoms with Crippen molar-refractivity contribution in [3.63, 3.8) is 0 Å². The molecule has 0 aromatic heterocycles. The predicted molar refractivity (Wildman–Crippen MR) is 110 cm³/mol. The molecule has 1 unspecified atom stereocenters. The molecule has 0 saturated heterocycles. The molecular weight excluding hydrogens is 503 g/mol. The zero-order valence-electron chi connectivity index (χ0n) is 14.4. The Bertz CT molecular complexity index is 948. The lowest BCUT2D eigenvalue weighted by atomic mass is 9.71. The molecule has 0 radical (unpaired) electrons. The van der Waals surface area contributed by atoms with Gasteiger partial charge in [-0.1, -0.05) is 17.7 Å². The maximum atomic E-state index is 12.1. The third kappa shape index (κ3) is 3.81. The molecule has 2 aromatic carbocycles. The van der Waals surface area contributed by atoms with Gasteiger partial charge in [0.15, 0.2) is 0 Å². The van der Waals surface area contributed by atoms with Crippen LogP contribution >= 0.6 is 34.2 Å². The number of nitrogens with zero attached hydrogens (tertiary/aromatic N) is 2. The van der Waals surface area contributed by atoms with Gasteiger partial charge >= 0.3 is 11.4 Å². The van der Waals surface area contributed by atoms with Crippen molar-refractivity contribution < 1.29 is 19.4 Å². The molecule has 0 N–H and O–H groups in total. The number of nitro groups is 2. The number of hydrogen-bond donors (Lipinski definition) is 0. The molecule has 1 atom stereocenters. The lowest BCUT2D eigenvalue weighted by Gasteiger charge is -2.34. The summed E-state index contributed by atoms with van der Waals surface area (Å²) < 4.78 is 5.95. The summed E-state index contributed by atoms with van der Waals surface area (Å²) in [4.78, 5) is 33.4. The number of halogens is 2. The predicted octanol–water partition coefficient (Wildman–Crippen LogP) is 4.61. The normalized spacial score (nSPS) is 18.2. The molecule has 146 valence electrons. The van der Waals surface area contributed by atoms with Gasteiger partial charge in [0.1, 0.15) is 12.9 Å². The number of aryl methyl sites for hydroxylation is 1. The third-order valence-electron chi connectivity index (χ3n) is 4.78. The third-order valence-corrected chi connectivity index (χ3v) is 5.64. The van der Waals surface area contributed by atoms with Crippen LogP contribution in [0.5, 0.6) is 5.75 Å². The molecule has 1 aliphatic carbocycles. The minimum absolute atomic E-state index is 0.243. The van der Waals surface area contributed by atoms with Crippen molar-refractivity contribution in [2.24, 2.45) is 0 Å². The van der Waals surface area contributed by atoms with E-state index in [1.807, 2.05) is 0 Å². The number of ether oxygens (including phenoxy) is 1. The second kappa shape index (κ2) is 8.00. The summed E-state index contributed by atoms with van der Waals surface area (Å²) in [6, 6.07) is 7.59. The largest absolute Gasteiger partial charge is 0.481 e. The fourth-order valence-corrected chi connectivity index (χ4v) is 4.26. The van der Waals surface area contributed by atoms with Crippen LogP contribution in [0.4, 0.5) is 11.4 Å². The van der Waals surface area contributed by atoms with Crippen molar-refractivity contribution in [3.8, 4) is 5.75 Å². The van der Waals surface area contributed by atoms with Gasteiger partial charge in [-0.05, 0) is 65.1 Å². The molecule has 0 heterocycles. The van der Waals surface area contributed by atoms with Crippen LogP contribution in [0, 0.1) is 23.8 Å². The van der Waals surface area contributed by atoms with Crippen LogP contribution in [-0.2, 0) is 16.6 Å². The van der Waals surface area contributed by atoms with Gasteiger partial charge in [0.25, 0.3) is 5.75 Å². The molecule has 0 amide bonds. The van der Waals surface area contributed by atoms with E-state index in [2.05, 4.69) is 0 Å². The summed E-state index contributed by atoms with van der Waals surface area (Å²) in [5, 5.41) is 23.3. The van der Waals surface area contributed by atoms with E-state index in [1.165, 1.54) is 12.1 Å². The van der Waals surface area contributed by atoms with Gasteiger partial charge in [0.05, 0.1) is 15.3 Å². The molecule has 0 saturated carbocycles. The van der Waals surface area contributed by atoms with E-state index >= 15 is 0 Å². The quantitative estimate of drug-likeness (QED) is 0.240. The number of aldehydes is 1. The first kappa shape index (κ1) is 20.5. The van der Waals surface area contributed by atoms with Crippen LogP contribution in [0.3, 0.4) is 0 Å². The standard InChI is InChI=1S/C18H14ClIN2O6/c19-12-3-4-14-11(6-12)2-1-5-18(14,9-23)10-28-17-15(21(24)25)7-13(20)8-16(17)22(26)27/h3-4,6-9H,1-2,5,10H2. The Balaban J connectivity index is 2.03. The molecular formula is C18H14ClIN2O6. The van der Waals surface area contributed by atoms with Gasteiger partial charge in [-0.2, -0.15) is 0 Å². The first-order valence-electron chi connectivity index (χ1n) is 8.28.